The molecule has 134 valence electrons. The van der Waals surface area contributed by atoms with E-state index in [1.54, 1.807) is 6.07 Å². The van der Waals surface area contributed by atoms with Crippen molar-refractivity contribution >= 4 is 0 Å². The summed E-state index contributed by atoms with van der Waals surface area (Å²) in [6, 6.07) is 4.98. The van der Waals surface area contributed by atoms with E-state index in [0.717, 1.165) is 31.0 Å². The molecule has 4 heteroatoms. The lowest BCUT2D eigenvalue weighted by molar-refractivity contribution is 0.332. The van der Waals surface area contributed by atoms with Crippen LogP contribution >= 0.6 is 0 Å². The van der Waals surface area contributed by atoms with Gasteiger partial charge in [0.1, 0.15) is 11.6 Å². The van der Waals surface area contributed by atoms with Gasteiger partial charge in [0.25, 0.3) is 0 Å². The zero-order valence-corrected chi connectivity index (χ0v) is 15.3. The van der Waals surface area contributed by atoms with Crippen molar-refractivity contribution in [2.75, 3.05) is 7.11 Å². The molecule has 3 rings (SSSR count). The molecule has 25 heavy (non-hydrogen) atoms. The zero-order valence-electron chi connectivity index (χ0n) is 15.3. The Balaban J connectivity index is 2.24. The molecule has 1 aromatic carbocycles. The Kier molecular flexibility index (Phi) is 4.81. The highest BCUT2D eigenvalue weighted by Gasteiger charge is 2.37. The number of aromatic nitrogens is 1. The highest BCUT2D eigenvalue weighted by Crippen LogP contribution is 2.51. The summed E-state index contributed by atoms with van der Waals surface area (Å²) in [6.45, 7) is 6.43. The highest BCUT2D eigenvalue weighted by molar-refractivity contribution is 5.70. The van der Waals surface area contributed by atoms with Crippen LogP contribution in [0.5, 0.6) is 5.88 Å². The van der Waals surface area contributed by atoms with Crippen LogP contribution in [-0.2, 0) is 6.42 Å². The Labute approximate surface area is 148 Å². The maximum absolute atomic E-state index is 14.5. The molecule has 0 saturated heterocycles. The van der Waals surface area contributed by atoms with Crippen LogP contribution < -0.4 is 4.74 Å². The van der Waals surface area contributed by atoms with Gasteiger partial charge in [-0.25, -0.2) is 13.8 Å². The molecule has 1 atom stereocenters. The standard InChI is InChI=1S/C21H25F2NO/c1-5-13-9-15(17-7-6-8-21(17,2)3)14(10-18(13)22)16-11-20(25-4)24-12-19(16)23/h9-12,17H,5-8H2,1-4H3/t17-/m0/s1. The van der Waals surface area contributed by atoms with Crippen molar-refractivity contribution in [3.05, 3.63) is 47.2 Å². The van der Waals surface area contributed by atoms with Crippen molar-refractivity contribution in [2.24, 2.45) is 5.41 Å². The lowest BCUT2D eigenvalue weighted by Crippen LogP contribution is -2.17. The Hall–Kier alpha value is -1.97. The highest BCUT2D eigenvalue weighted by atomic mass is 19.1. The van der Waals surface area contributed by atoms with Crippen molar-refractivity contribution in [1.82, 2.24) is 4.98 Å². The summed E-state index contributed by atoms with van der Waals surface area (Å²) in [5.74, 6) is -0.131. The summed E-state index contributed by atoms with van der Waals surface area (Å²) in [4.78, 5) is 3.90. The Morgan fingerprint density at radius 2 is 1.92 bits per heavy atom. The molecule has 0 N–H and O–H groups in total. The summed E-state index contributed by atoms with van der Waals surface area (Å²) < 4.78 is 34.2. The molecule has 0 radical (unpaired) electrons. The number of ether oxygens (including phenoxy) is 1. The van der Waals surface area contributed by atoms with Crippen LogP contribution in [0.1, 0.15) is 57.1 Å². The number of pyridine rings is 1. The molecule has 2 nitrogen and oxygen atoms in total. The Morgan fingerprint density at radius 3 is 2.52 bits per heavy atom. The molecule has 1 fully saturated rings. The summed E-state index contributed by atoms with van der Waals surface area (Å²) in [5, 5.41) is 0. The first-order valence-corrected chi connectivity index (χ1v) is 8.89. The molecule has 0 bridgehead atoms. The van der Waals surface area contributed by atoms with E-state index >= 15 is 0 Å². The van der Waals surface area contributed by atoms with Gasteiger partial charge in [-0.1, -0.05) is 33.3 Å². The van der Waals surface area contributed by atoms with Crippen molar-refractivity contribution in [3.63, 3.8) is 0 Å². The largest absolute Gasteiger partial charge is 0.481 e. The monoisotopic (exact) mass is 345 g/mol. The van der Waals surface area contributed by atoms with Crippen molar-refractivity contribution in [3.8, 4) is 17.0 Å². The normalized spacial score (nSPS) is 19.2. The van der Waals surface area contributed by atoms with E-state index in [4.69, 9.17) is 4.74 Å². The number of methoxy groups -OCH3 is 1. The SMILES string of the molecule is CCc1cc([C@@H]2CCCC2(C)C)c(-c2cc(OC)ncc2F)cc1F. The van der Waals surface area contributed by atoms with Crippen LogP contribution in [0.4, 0.5) is 8.78 Å². The fraction of sp³-hybridized carbons (Fsp3) is 0.476. The molecule has 0 spiro atoms. The van der Waals surface area contributed by atoms with Gasteiger partial charge in [0.15, 0.2) is 0 Å². The lowest BCUT2D eigenvalue weighted by Gasteiger charge is -2.30. The average Bonchev–Trinajstić information content (AvgIpc) is 2.94. The van der Waals surface area contributed by atoms with Crippen LogP contribution in [0.2, 0.25) is 0 Å². The van der Waals surface area contributed by atoms with E-state index in [-0.39, 0.29) is 17.2 Å². The van der Waals surface area contributed by atoms with Gasteiger partial charge in [-0.3, -0.25) is 0 Å². The minimum Gasteiger partial charge on any atom is -0.481 e. The van der Waals surface area contributed by atoms with Gasteiger partial charge in [-0.15, -0.1) is 0 Å². The third-order valence-corrected chi connectivity index (χ3v) is 5.56. The van der Waals surface area contributed by atoms with Crippen LogP contribution in [0.15, 0.2) is 24.4 Å². The summed E-state index contributed by atoms with van der Waals surface area (Å²) in [5.41, 5.74) is 2.81. The van der Waals surface area contributed by atoms with Crippen molar-refractivity contribution < 1.29 is 13.5 Å². The molecule has 0 amide bonds. The van der Waals surface area contributed by atoms with E-state index in [2.05, 4.69) is 18.8 Å². The number of nitrogens with zero attached hydrogens (tertiary/aromatic N) is 1. The van der Waals surface area contributed by atoms with E-state index < -0.39 is 5.82 Å². The first-order valence-electron chi connectivity index (χ1n) is 8.89. The molecule has 1 heterocycles. The number of hydrogen-bond acceptors (Lipinski definition) is 2. The first-order chi connectivity index (χ1) is 11.9. The molecule has 1 aromatic heterocycles. The van der Waals surface area contributed by atoms with E-state index in [1.165, 1.54) is 13.2 Å². The molecule has 0 unspecified atom stereocenters. The molecule has 0 aliphatic heterocycles. The van der Waals surface area contributed by atoms with Crippen LogP contribution in [0.25, 0.3) is 11.1 Å². The van der Waals surface area contributed by atoms with E-state index in [0.29, 0.717) is 29.0 Å². The number of benzene rings is 1. The maximum Gasteiger partial charge on any atom is 0.213 e. The second-order valence-corrected chi connectivity index (χ2v) is 7.52. The quantitative estimate of drug-likeness (QED) is 0.689. The molecular formula is C21H25F2NO. The predicted octanol–water partition coefficient (Wildman–Crippen LogP) is 5.89. The fourth-order valence-corrected chi connectivity index (χ4v) is 4.07. The fourth-order valence-electron chi connectivity index (χ4n) is 4.07. The van der Waals surface area contributed by atoms with Gasteiger partial charge in [-0.05, 0) is 53.4 Å². The Bertz CT molecular complexity index is 786. The maximum atomic E-state index is 14.5. The van der Waals surface area contributed by atoms with Gasteiger partial charge in [0, 0.05) is 11.6 Å². The molecule has 1 aliphatic carbocycles. The molecule has 2 aromatic rings. The number of aryl methyl sites for hydroxylation is 1. The van der Waals surface area contributed by atoms with Crippen LogP contribution in [-0.4, -0.2) is 12.1 Å². The summed E-state index contributed by atoms with van der Waals surface area (Å²) >= 11 is 0. The number of hydrogen-bond donors (Lipinski definition) is 0. The minimum absolute atomic E-state index is 0.116. The predicted molar refractivity (Wildman–Crippen MR) is 95.9 cm³/mol. The third kappa shape index (κ3) is 3.26. The molecule has 1 aliphatic rings. The van der Waals surface area contributed by atoms with Crippen LogP contribution in [0, 0.1) is 17.0 Å². The number of halogens is 2. The van der Waals surface area contributed by atoms with Gasteiger partial charge in [0.05, 0.1) is 13.3 Å². The summed E-state index contributed by atoms with van der Waals surface area (Å²) in [7, 11) is 1.49. The summed E-state index contributed by atoms with van der Waals surface area (Å²) in [6.07, 6.45) is 5.06. The topological polar surface area (TPSA) is 22.1 Å². The van der Waals surface area contributed by atoms with E-state index in [9.17, 15) is 8.78 Å². The second-order valence-electron chi connectivity index (χ2n) is 7.52. The molecule has 1 saturated carbocycles. The van der Waals surface area contributed by atoms with Gasteiger partial charge in [0.2, 0.25) is 5.88 Å². The lowest BCUT2D eigenvalue weighted by atomic mass is 9.75. The van der Waals surface area contributed by atoms with Crippen molar-refractivity contribution in [1.29, 1.82) is 0 Å². The van der Waals surface area contributed by atoms with Gasteiger partial charge < -0.3 is 4.74 Å². The van der Waals surface area contributed by atoms with Gasteiger partial charge >= 0.3 is 0 Å². The Morgan fingerprint density at radius 1 is 1.16 bits per heavy atom. The molecular weight excluding hydrogens is 320 g/mol. The van der Waals surface area contributed by atoms with Crippen LogP contribution in [0.3, 0.4) is 0 Å². The van der Waals surface area contributed by atoms with Gasteiger partial charge in [-0.2, -0.15) is 0 Å². The third-order valence-electron chi connectivity index (χ3n) is 5.56. The van der Waals surface area contributed by atoms with Crippen molar-refractivity contribution in [2.45, 2.75) is 52.4 Å². The number of rotatable bonds is 4. The first kappa shape index (κ1) is 17.8. The second kappa shape index (κ2) is 6.74. The zero-order chi connectivity index (χ0) is 18.2. The van der Waals surface area contributed by atoms with E-state index in [1.807, 2.05) is 13.0 Å². The minimum atomic E-state index is -0.457. The average molecular weight is 345 g/mol. The smallest absolute Gasteiger partial charge is 0.213 e.